The Bertz CT molecular complexity index is 1640. The van der Waals surface area contributed by atoms with Crippen LogP contribution in [0.3, 0.4) is 0 Å². The molecule has 4 rings (SSSR count). The molecule has 296 valence electrons. The van der Waals surface area contributed by atoms with Gasteiger partial charge < -0.3 is 33.9 Å². The fraction of sp³-hybridized carbons (Fsp3) is 0.537. The van der Waals surface area contributed by atoms with Gasteiger partial charge in [0.1, 0.15) is 19.0 Å². The van der Waals surface area contributed by atoms with Gasteiger partial charge in [-0.2, -0.15) is 11.8 Å². The lowest BCUT2D eigenvalue weighted by Crippen LogP contribution is -2.51. The molecule has 54 heavy (non-hydrogen) atoms. The molecule has 1 saturated carbocycles. The Kier molecular flexibility index (Phi) is 16.9. The van der Waals surface area contributed by atoms with Crippen LogP contribution in [0, 0.1) is 12.8 Å². The summed E-state index contributed by atoms with van der Waals surface area (Å²) in [5.74, 6) is 1.93. The standard InChI is InChI=1S/C41H55Cl2N3O7S/c1-28-21-35(42)38(36(43)22-28)53-19-18-51-34-14-10-29(11-15-34)23-31(27-46(40(48)49)41(2,3)4)39(47)45(33-12-13-33)26-30-24-32(9-7-16-50-5)44-37(25-30)52-17-8-20-54-6/h10-11,14-15,21-22,24-25,31,33H,7-9,12-13,16-20,23,26-27H2,1-6H3,(H,48,49). The van der Waals surface area contributed by atoms with E-state index in [0.717, 1.165) is 60.2 Å². The van der Waals surface area contributed by atoms with Gasteiger partial charge in [-0.05, 0) is 125 Å². The zero-order valence-corrected chi connectivity index (χ0v) is 34.7. The van der Waals surface area contributed by atoms with Crippen molar-refractivity contribution in [1.82, 2.24) is 14.8 Å². The normalized spacial score (nSPS) is 13.3. The highest BCUT2D eigenvalue weighted by atomic mass is 35.5. The highest BCUT2D eigenvalue weighted by molar-refractivity contribution is 7.98. The van der Waals surface area contributed by atoms with Crippen LogP contribution in [0.1, 0.15) is 68.8 Å². The lowest BCUT2D eigenvalue weighted by atomic mass is 9.94. The molecule has 1 aliphatic carbocycles. The minimum Gasteiger partial charge on any atom is -0.490 e. The average molecular weight is 805 g/mol. The number of halogens is 2. The predicted molar refractivity (Wildman–Crippen MR) is 217 cm³/mol. The topological polar surface area (TPSA) is 111 Å². The maximum atomic E-state index is 14.7. The fourth-order valence-corrected chi connectivity index (χ4v) is 7.23. The van der Waals surface area contributed by atoms with Crippen molar-refractivity contribution in [3.63, 3.8) is 0 Å². The number of carbonyl (C=O) groups excluding carboxylic acids is 1. The number of methoxy groups -OCH3 is 1. The van der Waals surface area contributed by atoms with Crippen LogP contribution in [0.15, 0.2) is 48.5 Å². The molecule has 0 bridgehead atoms. The summed E-state index contributed by atoms with van der Waals surface area (Å²) in [7, 11) is 1.69. The predicted octanol–water partition coefficient (Wildman–Crippen LogP) is 8.99. The van der Waals surface area contributed by atoms with E-state index in [1.807, 2.05) is 62.9 Å². The summed E-state index contributed by atoms with van der Waals surface area (Å²) < 4.78 is 23.0. The maximum Gasteiger partial charge on any atom is 0.407 e. The number of pyridine rings is 1. The molecule has 2 amide bonds. The van der Waals surface area contributed by atoms with Crippen molar-refractivity contribution in [2.45, 2.75) is 84.3 Å². The van der Waals surface area contributed by atoms with Gasteiger partial charge in [-0.15, -0.1) is 0 Å². The molecule has 1 aliphatic rings. The van der Waals surface area contributed by atoms with E-state index in [0.29, 0.717) is 53.6 Å². The monoisotopic (exact) mass is 803 g/mol. The highest BCUT2D eigenvalue weighted by Crippen LogP contribution is 2.34. The maximum absolute atomic E-state index is 14.7. The number of hydrogen-bond acceptors (Lipinski definition) is 8. The minimum atomic E-state index is -1.06. The van der Waals surface area contributed by atoms with E-state index in [9.17, 15) is 14.7 Å². The van der Waals surface area contributed by atoms with Gasteiger partial charge in [0.15, 0.2) is 5.75 Å². The molecule has 1 unspecified atom stereocenters. The lowest BCUT2D eigenvalue weighted by Gasteiger charge is -2.37. The number of hydrogen-bond donors (Lipinski definition) is 1. The van der Waals surface area contributed by atoms with E-state index in [1.165, 1.54) is 4.90 Å². The van der Waals surface area contributed by atoms with E-state index in [-0.39, 0.29) is 31.7 Å². The molecule has 0 saturated heterocycles. The van der Waals surface area contributed by atoms with Gasteiger partial charge in [0, 0.05) is 50.1 Å². The smallest absolute Gasteiger partial charge is 0.407 e. The van der Waals surface area contributed by atoms with Gasteiger partial charge in [0.05, 0.1) is 22.6 Å². The lowest BCUT2D eigenvalue weighted by molar-refractivity contribution is -0.137. The van der Waals surface area contributed by atoms with Crippen molar-refractivity contribution >= 4 is 47.0 Å². The van der Waals surface area contributed by atoms with E-state index in [2.05, 4.69) is 12.3 Å². The van der Waals surface area contributed by atoms with Crippen LogP contribution in [0.4, 0.5) is 4.79 Å². The molecule has 1 heterocycles. The van der Waals surface area contributed by atoms with Crippen LogP contribution in [0.25, 0.3) is 0 Å². The Balaban J connectivity index is 1.51. The van der Waals surface area contributed by atoms with Crippen molar-refractivity contribution < 1.29 is 33.6 Å². The van der Waals surface area contributed by atoms with Crippen molar-refractivity contribution in [3.8, 4) is 17.4 Å². The molecule has 1 fully saturated rings. The van der Waals surface area contributed by atoms with Gasteiger partial charge in [-0.3, -0.25) is 4.79 Å². The van der Waals surface area contributed by atoms with E-state index >= 15 is 0 Å². The number of aryl methyl sites for hydroxylation is 2. The van der Waals surface area contributed by atoms with E-state index in [1.54, 1.807) is 31.0 Å². The SMILES string of the molecule is COCCCc1cc(CN(C(=O)C(Cc2ccc(OCCOc3c(Cl)cc(C)cc3Cl)cc2)CN(C(=O)O)C(C)(C)C)C2CC2)cc(OCCCSC)n1. The molecule has 3 aromatic rings. The Labute approximate surface area is 334 Å². The first kappa shape index (κ1) is 43.3. The Hall–Kier alpha value is -3.38. The molecule has 1 N–H and O–H groups in total. The van der Waals surface area contributed by atoms with Crippen molar-refractivity contribution in [3.05, 3.63) is 81.0 Å². The summed E-state index contributed by atoms with van der Waals surface area (Å²) >= 11 is 14.4. The van der Waals surface area contributed by atoms with Crippen LogP contribution < -0.4 is 14.2 Å². The van der Waals surface area contributed by atoms with Crippen molar-refractivity contribution in [2.75, 3.05) is 52.1 Å². The molecular formula is C41H55Cl2N3O7S. The Morgan fingerprint density at radius 2 is 1.63 bits per heavy atom. The molecule has 1 aromatic heterocycles. The number of carbonyl (C=O) groups is 2. The first-order valence-electron chi connectivity index (χ1n) is 18.5. The zero-order valence-electron chi connectivity index (χ0n) is 32.4. The quantitative estimate of drug-likeness (QED) is 0.0996. The van der Waals surface area contributed by atoms with E-state index in [4.69, 9.17) is 47.1 Å². The summed E-state index contributed by atoms with van der Waals surface area (Å²) in [4.78, 5) is 35.2. The summed E-state index contributed by atoms with van der Waals surface area (Å²) in [6.45, 7) is 9.60. The Morgan fingerprint density at radius 3 is 2.24 bits per heavy atom. The van der Waals surface area contributed by atoms with Gasteiger partial charge in [-0.1, -0.05) is 35.3 Å². The van der Waals surface area contributed by atoms with Crippen molar-refractivity contribution in [2.24, 2.45) is 5.92 Å². The summed E-state index contributed by atoms with van der Waals surface area (Å²) in [5.41, 5.74) is 2.98. The second-order valence-corrected chi connectivity index (χ2v) is 16.5. The third kappa shape index (κ3) is 13.7. The number of rotatable bonds is 22. The van der Waals surface area contributed by atoms with Crippen LogP contribution in [0.2, 0.25) is 10.0 Å². The van der Waals surface area contributed by atoms with Crippen LogP contribution in [0.5, 0.6) is 17.4 Å². The summed E-state index contributed by atoms with van der Waals surface area (Å²) in [5, 5.41) is 11.1. The summed E-state index contributed by atoms with van der Waals surface area (Å²) in [6.07, 6.45) is 5.64. The van der Waals surface area contributed by atoms with Crippen LogP contribution in [-0.4, -0.2) is 95.6 Å². The zero-order chi connectivity index (χ0) is 39.3. The number of benzene rings is 2. The number of nitrogens with zero attached hydrogens (tertiary/aromatic N) is 3. The fourth-order valence-electron chi connectivity index (χ4n) is 6.12. The molecule has 10 nitrogen and oxygen atoms in total. The molecule has 0 aliphatic heterocycles. The Morgan fingerprint density at radius 1 is 0.944 bits per heavy atom. The summed E-state index contributed by atoms with van der Waals surface area (Å²) in [6, 6.07) is 15.2. The van der Waals surface area contributed by atoms with Gasteiger partial charge in [-0.25, -0.2) is 9.78 Å². The first-order valence-corrected chi connectivity index (χ1v) is 20.7. The van der Waals surface area contributed by atoms with Gasteiger partial charge in [0.25, 0.3) is 0 Å². The average Bonchev–Trinajstić information content (AvgIpc) is 3.95. The largest absolute Gasteiger partial charge is 0.490 e. The second kappa shape index (κ2) is 21.1. The number of carboxylic acid groups (broad SMARTS) is 1. The number of thioether (sulfide) groups is 1. The number of aromatic nitrogens is 1. The van der Waals surface area contributed by atoms with E-state index < -0.39 is 17.6 Å². The third-order valence-electron chi connectivity index (χ3n) is 9.00. The first-order chi connectivity index (χ1) is 25.8. The number of ether oxygens (including phenoxy) is 4. The molecule has 0 spiro atoms. The molecule has 2 aromatic carbocycles. The molecular weight excluding hydrogens is 749 g/mol. The van der Waals surface area contributed by atoms with Crippen LogP contribution >= 0.6 is 35.0 Å². The second-order valence-electron chi connectivity index (χ2n) is 14.7. The van der Waals surface area contributed by atoms with Crippen LogP contribution in [-0.2, 0) is 28.9 Å². The highest BCUT2D eigenvalue weighted by Gasteiger charge is 2.39. The van der Waals surface area contributed by atoms with Gasteiger partial charge in [0.2, 0.25) is 11.8 Å². The molecule has 1 atom stereocenters. The van der Waals surface area contributed by atoms with Crippen molar-refractivity contribution in [1.29, 1.82) is 0 Å². The number of amides is 2. The molecule has 0 radical (unpaired) electrons. The van der Waals surface area contributed by atoms with Gasteiger partial charge >= 0.3 is 6.09 Å². The third-order valence-corrected chi connectivity index (χ3v) is 10.3. The molecule has 13 heteroatoms. The minimum absolute atomic E-state index is 0.0586.